The van der Waals surface area contributed by atoms with Crippen LogP contribution in [-0.4, -0.2) is 19.1 Å². The van der Waals surface area contributed by atoms with Crippen molar-refractivity contribution in [3.05, 3.63) is 181 Å². The summed E-state index contributed by atoms with van der Waals surface area (Å²) < 4.78 is 11.4. The van der Waals surface area contributed by atoms with Gasteiger partial charge in [-0.25, -0.2) is 9.97 Å². The van der Waals surface area contributed by atoms with Crippen molar-refractivity contribution in [1.82, 2.24) is 19.1 Å². The molecule has 0 saturated carbocycles. The lowest BCUT2D eigenvalue weighted by molar-refractivity contribution is 0.660. The quantitative estimate of drug-likeness (QED) is 0.181. The largest absolute Gasteiger partial charge is 0.455 e. The Labute approximate surface area is 333 Å². The maximum Gasteiger partial charge on any atom is 0.235 e. The van der Waals surface area contributed by atoms with Crippen LogP contribution in [0.2, 0.25) is 0 Å². The SMILES string of the molecule is CC1(C)c2ccccc2-c2c1ccc1c3ccc(-n4c5ccccc5c5ccccc54)cc3n(-c3nc(-c4cccc5c4oc4ccccc45)c4ccccc4n3)c21. The van der Waals surface area contributed by atoms with Crippen LogP contribution in [-0.2, 0) is 5.41 Å². The van der Waals surface area contributed by atoms with Crippen LogP contribution in [0, 0.1) is 0 Å². The molecule has 4 aromatic heterocycles. The van der Waals surface area contributed by atoms with Gasteiger partial charge in [-0.1, -0.05) is 141 Å². The summed E-state index contributed by atoms with van der Waals surface area (Å²) in [5.74, 6) is 0.622. The van der Waals surface area contributed by atoms with Gasteiger partial charge >= 0.3 is 0 Å². The summed E-state index contributed by atoms with van der Waals surface area (Å²) in [6.45, 7) is 4.69. The lowest BCUT2D eigenvalue weighted by atomic mass is 9.82. The smallest absolute Gasteiger partial charge is 0.235 e. The number of hydrogen-bond donors (Lipinski definition) is 0. The minimum atomic E-state index is -0.179. The fraction of sp³-hybridized carbons (Fsp3) is 0.0566. The van der Waals surface area contributed by atoms with E-state index in [1.54, 1.807) is 0 Å². The van der Waals surface area contributed by atoms with Crippen molar-refractivity contribution in [3.63, 3.8) is 0 Å². The Bertz CT molecular complexity index is 3680. The van der Waals surface area contributed by atoms with Crippen molar-refractivity contribution in [2.45, 2.75) is 19.3 Å². The van der Waals surface area contributed by atoms with Crippen LogP contribution in [0.1, 0.15) is 25.0 Å². The van der Waals surface area contributed by atoms with E-state index >= 15 is 0 Å². The highest BCUT2D eigenvalue weighted by Crippen LogP contribution is 2.53. The minimum Gasteiger partial charge on any atom is -0.455 e. The molecule has 8 aromatic carbocycles. The van der Waals surface area contributed by atoms with E-state index < -0.39 is 0 Å². The van der Waals surface area contributed by atoms with E-state index in [4.69, 9.17) is 14.4 Å². The lowest BCUT2D eigenvalue weighted by Gasteiger charge is -2.21. The van der Waals surface area contributed by atoms with Crippen LogP contribution >= 0.6 is 0 Å². The monoisotopic (exact) mass is 742 g/mol. The zero-order chi connectivity index (χ0) is 38.3. The summed E-state index contributed by atoms with van der Waals surface area (Å²) in [6.07, 6.45) is 0. The van der Waals surface area contributed by atoms with Crippen molar-refractivity contribution in [2.24, 2.45) is 0 Å². The average molecular weight is 743 g/mol. The molecular weight excluding hydrogens is 709 g/mol. The summed E-state index contributed by atoms with van der Waals surface area (Å²) >= 11 is 0. The highest BCUT2D eigenvalue weighted by atomic mass is 16.3. The van der Waals surface area contributed by atoms with Gasteiger partial charge in [-0.2, -0.15) is 0 Å². The van der Waals surface area contributed by atoms with Crippen molar-refractivity contribution in [3.8, 4) is 34.0 Å². The number of rotatable bonds is 3. The lowest BCUT2D eigenvalue weighted by Crippen LogP contribution is -2.14. The molecule has 0 unspecified atom stereocenters. The Morgan fingerprint density at radius 1 is 0.466 bits per heavy atom. The molecule has 13 rings (SSSR count). The minimum absolute atomic E-state index is 0.179. The molecule has 272 valence electrons. The Balaban J connectivity index is 1.18. The van der Waals surface area contributed by atoms with Gasteiger partial charge in [-0.05, 0) is 59.2 Å². The fourth-order valence-electron chi connectivity index (χ4n) is 10.1. The highest BCUT2D eigenvalue weighted by Gasteiger charge is 2.38. The van der Waals surface area contributed by atoms with Crippen LogP contribution in [0.3, 0.4) is 0 Å². The second-order valence-electron chi connectivity index (χ2n) is 16.1. The zero-order valence-electron chi connectivity index (χ0n) is 31.9. The van der Waals surface area contributed by atoms with Gasteiger partial charge in [0.25, 0.3) is 0 Å². The maximum atomic E-state index is 6.64. The summed E-state index contributed by atoms with van der Waals surface area (Å²) in [5.41, 5.74) is 14.9. The molecule has 5 nitrogen and oxygen atoms in total. The molecule has 0 spiro atoms. The van der Waals surface area contributed by atoms with E-state index in [1.807, 2.05) is 12.1 Å². The van der Waals surface area contributed by atoms with Crippen molar-refractivity contribution >= 4 is 76.5 Å². The molecule has 0 N–H and O–H groups in total. The van der Waals surface area contributed by atoms with Gasteiger partial charge in [0, 0.05) is 59.9 Å². The molecule has 1 aliphatic carbocycles. The molecule has 5 heteroatoms. The first-order valence-electron chi connectivity index (χ1n) is 19.9. The number of para-hydroxylation sites is 5. The van der Waals surface area contributed by atoms with Crippen molar-refractivity contribution in [2.75, 3.05) is 0 Å². The van der Waals surface area contributed by atoms with Gasteiger partial charge in [0.2, 0.25) is 5.95 Å². The number of benzene rings is 8. The van der Waals surface area contributed by atoms with Crippen LogP contribution in [0.15, 0.2) is 174 Å². The number of aromatic nitrogens is 4. The van der Waals surface area contributed by atoms with E-state index in [0.29, 0.717) is 5.95 Å². The molecule has 0 fully saturated rings. The van der Waals surface area contributed by atoms with Gasteiger partial charge in [0.05, 0.1) is 33.3 Å². The molecule has 1 aliphatic rings. The first kappa shape index (κ1) is 31.7. The van der Waals surface area contributed by atoms with E-state index in [-0.39, 0.29) is 5.41 Å². The highest BCUT2D eigenvalue weighted by molar-refractivity contribution is 6.17. The van der Waals surface area contributed by atoms with E-state index in [2.05, 4.69) is 181 Å². The molecular formula is C53H34N4O. The first-order chi connectivity index (χ1) is 28.5. The summed E-state index contributed by atoms with van der Waals surface area (Å²) in [5, 5.41) is 7.93. The first-order valence-corrected chi connectivity index (χ1v) is 19.9. The average Bonchev–Trinajstić information content (AvgIpc) is 3.98. The van der Waals surface area contributed by atoms with Gasteiger partial charge in [0.15, 0.2) is 0 Å². The topological polar surface area (TPSA) is 48.8 Å². The second kappa shape index (κ2) is 11.3. The Morgan fingerprint density at radius 3 is 1.93 bits per heavy atom. The summed E-state index contributed by atoms with van der Waals surface area (Å²) in [6, 6.07) is 60.8. The molecule has 4 heterocycles. The second-order valence-corrected chi connectivity index (χ2v) is 16.1. The summed E-state index contributed by atoms with van der Waals surface area (Å²) in [4.78, 5) is 11.1. The van der Waals surface area contributed by atoms with Crippen LogP contribution in [0.25, 0.3) is 110 Å². The maximum absolute atomic E-state index is 6.64. The zero-order valence-corrected chi connectivity index (χ0v) is 31.9. The molecule has 58 heavy (non-hydrogen) atoms. The van der Waals surface area contributed by atoms with Crippen LogP contribution in [0.4, 0.5) is 0 Å². The van der Waals surface area contributed by atoms with Crippen LogP contribution in [0.5, 0.6) is 0 Å². The third kappa shape index (κ3) is 4.09. The van der Waals surface area contributed by atoms with Gasteiger partial charge in [0.1, 0.15) is 11.2 Å². The standard InChI is InChI=1S/C53H34N4O/c1-53(2)41-21-8-3-17-38(41)48-42(53)29-28-36-34-27-26-31(56-44-23-10-5-14-32(44)33-15-6-11-24-45(33)56)30-46(34)57(50(36)48)52-54-43-22-9-4-18-39(43)49(55-52)40-20-13-19-37-35-16-7-12-25-47(35)58-51(37)40/h3-30H,1-2H3. The predicted octanol–water partition coefficient (Wildman–Crippen LogP) is 13.7. The van der Waals surface area contributed by atoms with E-state index in [0.717, 1.165) is 66.2 Å². The molecule has 0 radical (unpaired) electrons. The van der Waals surface area contributed by atoms with Gasteiger partial charge < -0.3 is 8.98 Å². The fourth-order valence-corrected chi connectivity index (χ4v) is 10.1. The van der Waals surface area contributed by atoms with Crippen molar-refractivity contribution < 1.29 is 4.42 Å². The van der Waals surface area contributed by atoms with Crippen molar-refractivity contribution in [1.29, 1.82) is 0 Å². The number of furan rings is 1. The number of hydrogen-bond acceptors (Lipinski definition) is 3. The number of fused-ring (bicyclic) bond motifs is 14. The van der Waals surface area contributed by atoms with Gasteiger partial charge in [-0.3, -0.25) is 4.57 Å². The predicted molar refractivity (Wildman–Crippen MR) is 238 cm³/mol. The molecule has 0 atom stereocenters. The molecule has 0 aliphatic heterocycles. The Kier molecular flexibility index (Phi) is 6.17. The van der Waals surface area contributed by atoms with E-state index in [9.17, 15) is 0 Å². The molecule has 0 saturated heterocycles. The van der Waals surface area contributed by atoms with Crippen LogP contribution < -0.4 is 0 Å². The third-order valence-corrected chi connectivity index (χ3v) is 12.7. The molecule has 0 amide bonds. The Morgan fingerprint density at radius 2 is 1.10 bits per heavy atom. The molecule has 0 bridgehead atoms. The third-order valence-electron chi connectivity index (χ3n) is 12.7. The normalized spacial score (nSPS) is 13.5. The molecule has 12 aromatic rings. The Hall–Kier alpha value is -7.50. The van der Waals surface area contributed by atoms with Gasteiger partial charge in [-0.15, -0.1) is 0 Å². The summed E-state index contributed by atoms with van der Waals surface area (Å²) in [7, 11) is 0. The number of nitrogens with zero attached hydrogens (tertiary/aromatic N) is 4. The van der Waals surface area contributed by atoms with E-state index in [1.165, 1.54) is 49.4 Å².